The number of rotatable bonds is 9. The third kappa shape index (κ3) is 5.41. The molecule has 1 aromatic heterocycles. The summed E-state index contributed by atoms with van der Waals surface area (Å²) in [4.78, 5) is 11.9. The van der Waals surface area contributed by atoms with Crippen molar-refractivity contribution in [3.05, 3.63) is 94.1 Å². The van der Waals surface area contributed by atoms with Gasteiger partial charge in [-0.3, -0.25) is 4.79 Å². The maximum Gasteiger partial charge on any atom is 0.249 e. The molecule has 1 heterocycles. The standard InChI is InChI=1S/C29H33FN4O4S/c1-18(35)15-33(39(37,38)17-22-5-3-4-6-25(22)29(31)36)16-21-8-7-20-13-27-26(19(2)28(20)21)14-32-34(27)24-11-9-23(30)10-12-24/h3-6,9-12,14,18-19,21,35H,7-8,13,15-17H2,1-2H3,(H2,31,36)/t18-,19-,21-/m0/s1. The van der Waals surface area contributed by atoms with Gasteiger partial charge in [-0.05, 0) is 61.6 Å². The van der Waals surface area contributed by atoms with E-state index in [-0.39, 0.29) is 42.1 Å². The quantitative estimate of drug-likeness (QED) is 0.393. The molecule has 0 bridgehead atoms. The highest BCUT2D eigenvalue weighted by Crippen LogP contribution is 2.47. The van der Waals surface area contributed by atoms with E-state index >= 15 is 0 Å². The molecule has 2 aliphatic carbocycles. The number of aromatic nitrogens is 2. The van der Waals surface area contributed by atoms with Gasteiger partial charge in [-0.1, -0.05) is 36.3 Å². The second kappa shape index (κ2) is 10.7. The zero-order valence-electron chi connectivity index (χ0n) is 22.0. The molecule has 2 aliphatic rings. The number of fused-ring (bicyclic) bond motifs is 1. The normalized spacial score (nSPS) is 19.7. The van der Waals surface area contributed by atoms with Gasteiger partial charge in [-0.2, -0.15) is 9.40 Å². The zero-order chi connectivity index (χ0) is 27.9. The van der Waals surface area contributed by atoms with Crippen molar-refractivity contribution >= 4 is 15.9 Å². The molecule has 0 spiro atoms. The number of aliphatic hydroxyl groups is 1. The third-order valence-electron chi connectivity index (χ3n) is 7.83. The molecule has 0 fully saturated rings. The van der Waals surface area contributed by atoms with Gasteiger partial charge in [0, 0.05) is 36.6 Å². The van der Waals surface area contributed by atoms with E-state index < -0.39 is 22.0 Å². The summed E-state index contributed by atoms with van der Waals surface area (Å²) in [6.07, 6.45) is 3.37. The van der Waals surface area contributed by atoms with Crippen molar-refractivity contribution in [2.24, 2.45) is 11.7 Å². The molecule has 0 saturated carbocycles. The Kier molecular flexibility index (Phi) is 7.45. The van der Waals surface area contributed by atoms with Crippen LogP contribution in [0.3, 0.4) is 0 Å². The van der Waals surface area contributed by atoms with Crippen LogP contribution in [0.4, 0.5) is 4.39 Å². The van der Waals surface area contributed by atoms with Gasteiger partial charge >= 0.3 is 0 Å². The van der Waals surface area contributed by atoms with Gasteiger partial charge in [0.15, 0.2) is 0 Å². The summed E-state index contributed by atoms with van der Waals surface area (Å²) in [7, 11) is -3.87. The number of hydrogen-bond donors (Lipinski definition) is 2. The van der Waals surface area contributed by atoms with E-state index in [1.54, 1.807) is 37.3 Å². The lowest BCUT2D eigenvalue weighted by Crippen LogP contribution is -2.41. The van der Waals surface area contributed by atoms with E-state index in [4.69, 9.17) is 5.73 Å². The van der Waals surface area contributed by atoms with Crippen LogP contribution >= 0.6 is 0 Å². The van der Waals surface area contributed by atoms with E-state index in [0.717, 1.165) is 29.8 Å². The number of allylic oxidation sites excluding steroid dienone is 1. The molecular weight excluding hydrogens is 519 g/mol. The van der Waals surface area contributed by atoms with Gasteiger partial charge in [-0.15, -0.1) is 0 Å². The molecule has 8 nitrogen and oxygen atoms in total. The van der Waals surface area contributed by atoms with E-state index in [0.29, 0.717) is 12.0 Å². The Morgan fingerprint density at radius 3 is 2.64 bits per heavy atom. The minimum absolute atomic E-state index is 0.00256. The fourth-order valence-corrected chi connectivity index (χ4v) is 7.77. The average Bonchev–Trinajstić information content (AvgIpc) is 3.49. The maximum absolute atomic E-state index is 13.6. The molecule has 2 aromatic carbocycles. The van der Waals surface area contributed by atoms with Crippen molar-refractivity contribution in [3.63, 3.8) is 0 Å². The predicted molar refractivity (Wildman–Crippen MR) is 146 cm³/mol. The van der Waals surface area contributed by atoms with Crippen LogP contribution in [0, 0.1) is 11.7 Å². The zero-order valence-corrected chi connectivity index (χ0v) is 22.9. The maximum atomic E-state index is 13.6. The number of carbonyl (C=O) groups excluding carboxylic acids is 1. The predicted octanol–water partition coefficient (Wildman–Crippen LogP) is 3.69. The SMILES string of the molecule is C[C@H](O)CN(C[C@@H]1CCC2=C1[C@@H](C)c1cnn(-c3ccc(F)cc3)c1C2)S(=O)(=O)Cc1ccccc1C(N)=O. The van der Waals surface area contributed by atoms with Crippen molar-refractivity contribution < 1.29 is 22.7 Å². The van der Waals surface area contributed by atoms with Crippen LogP contribution in [-0.2, 0) is 22.2 Å². The monoisotopic (exact) mass is 552 g/mol. The molecular formula is C29H33FN4O4S. The second-order valence-corrected chi connectivity index (χ2v) is 12.5. The van der Waals surface area contributed by atoms with E-state index in [1.807, 2.05) is 10.9 Å². The number of halogens is 1. The molecule has 0 saturated heterocycles. The minimum Gasteiger partial charge on any atom is -0.392 e. The van der Waals surface area contributed by atoms with Crippen LogP contribution in [0.5, 0.6) is 0 Å². The number of primary amides is 1. The summed E-state index contributed by atoms with van der Waals surface area (Å²) >= 11 is 0. The molecule has 5 rings (SSSR count). The van der Waals surface area contributed by atoms with Gasteiger partial charge in [0.1, 0.15) is 5.82 Å². The summed E-state index contributed by atoms with van der Waals surface area (Å²) < 4.78 is 44.0. The lowest BCUT2D eigenvalue weighted by Gasteiger charge is -2.31. The second-order valence-electron chi connectivity index (χ2n) is 10.6. The summed E-state index contributed by atoms with van der Waals surface area (Å²) in [6.45, 7) is 3.90. The van der Waals surface area contributed by atoms with Crippen molar-refractivity contribution in [3.8, 4) is 5.69 Å². The van der Waals surface area contributed by atoms with E-state index in [9.17, 15) is 22.7 Å². The Balaban J connectivity index is 1.41. The minimum atomic E-state index is -3.87. The first kappa shape index (κ1) is 27.2. The van der Waals surface area contributed by atoms with Crippen LogP contribution in [0.25, 0.3) is 5.69 Å². The molecule has 206 valence electrons. The van der Waals surface area contributed by atoms with Crippen LogP contribution in [-0.4, -0.2) is 52.7 Å². The number of hydrogen-bond acceptors (Lipinski definition) is 5. The Hall–Kier alpha value is -3.34. The van der Waals surface area contributed by atoms with Crippen molar-refractivity contribution in [2.75, 3.05) is 13.1 Å². The number of aliphatic hydroxyl groups excluding tert-OH is 1. The topological polar surface area (TPSA) is 119 Å². The van der Waals surface area contributed by atoms with Crippen molar-refractivity contribution in [2.45, 2.75) is 50.9 Å². The molecule has 3 aromatic rings. The van der Waals surface area contributed by atoms with Gasteiger partial charge in [-0.25, -0.2) is 17.5 Å². The molecule has 3 atom stereocenters. The first-order chi connectivity index (χ1) is 18.5. The third-order valence-corrected chi connectivity index (χ3v) is 9.60. The summed E-state index contributed by atoms with van der Waals surface area (Å²) in [6, 6.07) is 12.7. The molecule has 0 radical (unpaired) electrons. The van der Waals surface area contributed by atoms with Crippen LogP contribution < -0.4 is 5.73 Å². The highest BCUT2D eigenvalue weighted by atomic mass is 32.2. The smallest absolute Gasteiger partial charge is 0.249 e. The van der Waals surface area contributed by atoms with Gasteiger partial charge < -0.3 is 10.8 Å². The lowest BCUT2D eigenvalue weighted by molar-refractivity contribution is 0.0999. The highest BCUT2D eigenvalue weighted by Gasteiger charge is 2.38. The highest BCUT2D eigenvalue weighted by molar-refractivity contribution is 7.88. The molecule has 39 heavy (non-hydrogen) atoms. The number of nitrogens with two attached hydrogens (primary N) is 1. The Morgan fingerprint density at radius 2 is 1.95 bits per heavy atom. The first-order valence-electron chi connectivity index (χ1n) is 13.1. The summed E-state index contributed by atoms with van der Waals surface area (Å²) in [5.41, 5.74) is 11.5. The largest absolute Gasteiger partial charge is 0.392 e. The van der Waals surface area contributed by atoms with Gasteiger partial charge in [0.2, 0.25) is 15.9 Å². The van der Waals surface area contributed by atoms with Crippen LogP contribution in [0.1, 0.15) is 59.8 Å². The Morgan fingerprint density at radius 1 is 1.23 bits per heavy atom. The van der Waals surface area contributed by atoms with Crippen molar-refractivity contribution in [1.82, 2.24) is 14.1 Å². The van der Waals surface area contributed by atoms with E-state index in [2.05, 4.69) is 12.0 Å². The molecule has 3 N–H and O–H groups in total. The average molecular weight is 553 g/mol. The molecule has 0 aliphatic heterocycles. The van der Waals surface area contributed by atoms with E-state index in [1.165, 1.54) is 33.7 Å². The number of sulfonamides is 1. The fraction of sp³-hybridized carbons (Fsp3) is 0.379. The molecule has 1 amide bonds. The number of amides is 1. The van der Waals surface area contributed by atoms with Gasteiger partial charge in [0.25, 0.3) is 0 Å². The summed E-state index contributed by atoms with van der Waals surface area (Å²) in [5.74, 6) is -1.30. The molecule has 10 heteroatoms. The summed E-state index contributed by atoms with van der Waals surface area (Å²) in [5, 5.41) is 14.8. The first-order valence-corrected chi connectivity index (χ1v) is 14.7. The Labute approximate surface area is 228 Å². The van der Waals surface area contributed by atoms with Crippen molar-refractivity contribution in [1.29, 1.82) is 0 Å². The Bertz CT molecular complexity index is 1530. The number of nitrogens with zero attached hydrogens (tertiary/aromatic N) is 3. The fourth-order valence-electron chi connectivity index (χ4n) is 6.09. The lowest BCUT2D eigenvalue weighted by atomic mass is 9.80. The molecule has 0 unspecified atom stereocenters. The van der Waals surface area contributed by atoms with Crippen LogP contribution in [0.2, 0.25) is 0 Å². The van der Waals surface area contributed by atoms with Crippen LogP contribution in [0.15, 0.2) is 65.9 Å². The number of benzene rings is 2. The van der Waals surface area contributed by atoms with Gasteiger partial charge in [0.05, 0.1) is 29.4 Å². The number of carbonyl (C=O) groups is 1.